The number of aryl methyl sites for hydroxylation is 3. The first kappa shape index (κ1) is 57.9. The van der Waals surface area contributed by atoms with Crippen LogP contribution in [0.3, 0.4) is 0 Å². The smallest absolute Gasteiger partial charge is 0.251 e. The first-order chi connectivity index (χ1) is 40.0. The van der Waals surface area contributed by atoms with Crippen LogP contribution in [0.4, 0.5) is 5.69 Å². The molecule has 83 heavy (non-hydrogen) atoms. The number of amides is 3. The number of piperazine rings is 1. The molecule has 434 valence electrons. The Kier molecular flexibility index (Phi) is 17.3. The lowest BCUT2D eigenvalue weighted by Gasteiger charge is -2.41. The van der Waals surface area contributed by atoms with Crippen LogP contribution in [0.15, 0.2) is 96.1 Å². The van der Waals surface area contributed by atoms with Crippen molar-refractivity contribution in [1.82, 2.24) is 39.8 Å². The van der Waals surface area contributed by atoms with Gasteiger partial charge in [-0.15, -0.1) is 21.5 Å². The number of nitrogens with zero attached hydrogens (tertiary/aromatic N) is 8. The molecule has 0 radical (unpaired) electrons. The van der Waals surface area contributed by atoms with Gasteiger partial charge in [-0.2, -0.15) is 0 Å². The van der Waals surface area contributed by atoms with Crippen LogP contribution >= 0.6 is 22.9 Å². The van der Waals surface area contributed by atoms with Gasteiger partial charge in [-0.25, -0.2) is 0 Å². The Bertz CT molecular complexity index is 3450. The molecular weight excluding hydrogens is 1080 g/mol. The molecule has 2 bridgehead atoms. The number of rotatable bonds is 16. The Morgan fingerprint density at radius 3 is 2.23 bits per heavy atom. The number of pyridine rings is 1. The number of fused-ring (bicyclic) bond motifs is 8. The molecule has 3 aromatic carbocycles. The minimum Gasteiger partial charge on any atom is -0.382 e. The second-order valence-electron chi connectivity index (χ2n) is 24.2. The number of nitrogens with one attached hydrogen (secondary N) is 2. The molecule has 6 heterocycles. The number of piperidine rings is 1. The summed E-state index contributed by atoms with van der Waals surface area (Å²) in [5, 5.41) is 17.5. The second-order valence-corrected chi connectivity index (χ2v) is 25.8. The lowest BCUT2D eigenvalue weighted by Crippen LogP contribution is -2.49. The third-order valence-electron chi connectivity index (χ3n) is 18.6. The molecule has 4 unspecified atom stereocenters. The van der Waals surface area contributed by atoms with Crippen LogP contribution in [-0.2, 0) is 11.3 Å². The van der Waals surface area contributed by atoms with Gasteiger partial charge in [-0.1, -0.05) is 67.9 Å². The Morgan fingerprint density at radius 2 is 1.53 bits per heavy atom. The molecule has 2 saturated heterocycles. The number of likely N-dealkylation sites (tertiary alicyclic amines) is 1. The van der Waals surface area contributed by atoms with E-state index in [4.69, 9.17) is 27.3 Å². The third-order valence-corrected chi connectivity index (χ3v) is 20.1. The number of hydrogen-bond acceptors (Lipinski definition) is 12. The van der Waals surface area contributed by atoms with Crippen LogP contribution in [0, 0.1) is 45.4 Å². The van der Waals surface area contributed by atoms with Crippen molar-refractivity contribution in [3.8, 4) is 5.00 Å². The molecule has 3 aliphatic carbocycles. The highest BCUT2D eigenvalue weighted by Crippen LogP contribution is 2.47. The number of nitrogens with two attached hydrogens (primary N) is 1. The van der Waals surface area contributed by atoms with Crippen molar-refractivity contribution in [3.63, 3.8) is 0 Å². The van der Waals surface area contributed by atoms with E-state index in [0.29, 0.717) is 81.1 Å². The van der Waals surface area contributed by atoms with Crippen molar-refractivity contribution < 1.29 is 19.2 Å². The number of carbonyl (C=O) groups excluding carboxylic acids is 4. The lowest BCUT2D eigenvalue weighted by atomic mass is 9.66. The van der Waals surface area contributed by atoms with Crippen LogP contribution in [0.2, 0.25) is 5.02 Å². The van der Waals surface area contributed by atoms with Gasteiger partial charge in [-0.3, -0.25) is 38.6 Å². The number of aromatic nitrogens is 4. The van der Waals surface area contributed by atoms with Gasteiger partial charge in [0.15, 0.2) is 11.6 Å². The summed E-state index contributed by atoms with van der Waals surface area (Å²) in [6.45, 7) is 23.7. The SMILES string of the molecule is C=C(C(=O)N1CCC(CN2CCN(Cc3ccc(C(=O)c4ccc(C5CC6CCC5CCC(NC(=O)c5cc(N[C@H](C)CC)c(C(N)=O)cc5C)C6)nc4)cc3)CC2)CC1)[C@@H]1N=C(c2ccc(Cl)cc2)c2c(sc(C)c2C)-n2c(C)nnc21. The van der Waals surface area contributed by atoms with Crippen molar-refractivity contribution in [2.24, 2.45) is 28.5 Å². The van der Waals surface area contributed by atoms with Gasteiger partial charge >= 0.3 is 0 Å². The van der Waals surface area contributed by atoms with Gasteiger partial charge in [0.25, 0.3) is 17.7 Å². The molecule has 12 rings (SSSR count). The molecule has 0 spiro atoms. The molecule has 3 aliphatic heterocycles. The van der Waals surface area contributed by atoms with E-state index in [9.17, 15) is 19.2 Å². The lowest BCUT2D eigenvalue weighted by molar-refractivity contribution is -0.128. The molecule has 6 aromatic rings. The minimum atomic E-state index is -0.702. The number of benzene rings is 3. The fraction of sp³-hybridized carbons (Fsp3) is 0.455. The maximum atomic E-state index is 14.4. The van der Waals surface area contributed by atoms with E-state index in [1.165, 1.54) is 10.4 Å². The average molecular weight is 1160 g/mol. The first-order valence-electron chi connectivity index (χ1n) is 29.9. The fourth-order valence-electron chi connectivity index (χ4n) is 13.5. The zero-order chi connectivity index (χ0) is 58.2. The predicted octanol–water partition coefficient (Wildman–Crippen LogP) is 11.1. The van der Waals surface area contributed by atoms with Crippen LogP contribution in [0.25, 0.3) is 5.00 Å². The molecule has 6 atom stereocenters. The number of ketones is 1. The van der Waals surface area contributed by atoms with Gasteiger partial charge in [0, 0.05) is 131 Å². The highest BCUT2D eigenvalue weighted by atomic mass is 35.5. The summed E-state index contributed by atoms with van der Waals surface area (Å²) in [4.78, 5) is 72.7. The van der Waals surface area contributed by atoms with Crippen molar-refractivity contribution in [3.05, 3.63) is 168 Å². The molecular formula is C66H78ClN11O4S. The summed E-state index contributed by atoms with van der Waals surface area (Å²) in [5.74, 6) is 2.35. The third kappa shape index (κ3) is 12.4. The zero-order valence-corrected chi connectivity index (χ0v) is 50.4. The summed E-state index contributed by atoms with van der Waals surface area (Å²) >= 11 is 8.02. The standard InChI is InChI=1S/C66H78ClN11O4S/c1-8-39(3)70-57-34-53(38(2)31-55(57)62(68)80)64(81)71-52-21-17-47-12-11-46(32-52)33-54(47)56-22-18-50(35-69-56)61(79)49-13-9-44(10-14-49)36-75-27-29-76(30-28-75)37-45-23-25-77(26-24-45)65(82)41(5)59-63-74-73-43(7)78(63)66-58(40(4)42(6)83-66)60(72-59)48-15-19-51(67)20-16-48/h9-10,13-16,18-20,22,31,34-35,39,45-47,52,54,59,70H,5,8,11-12,17,21,23-30,32-33,36-37H2,1-4,6-7H3,(H2,68,80)(H,71,81)/t39-,46?,47?,52?,54?,59+/m1/s1. The molecule has 15 nitrogen and oxygen atoms in total. The summed E-state index contributed by atoms with van der Waals surface area (Å²) in [7, 11) is 0. The summed E-state index contributed by atoms with van der Waals surface area (Å²) in [6.07, 6.45) is 10.6. The molecule has 3 saturated carbocycles. The topological polar surface area (TPSA) is 184 Å². The minimum absolute atomic E-state index is 0.0231. The molecule has 5 fully saturated rings. The Balaban J connectivity index is 0.633. The van der Waals surface area contributed by atoms with Gasteiger partial charge in [-0.05, 0) is 157 Å². The number of aliphatic imine (C=N–C) groups is 1. The normalized spacial score (nSPS) is 21.7. The quantitative estimate of drug-likeness (QED) is 0.0622. The molecule has 17 heteroatoms. The molecule has 6 aliphatic rings. The number of thiophene rings is 1. The molecule has 3 aromatic heterocycles. The van der Waals surface area contributed by atoms with E-state index in [1.807, 2.05) is 68.1 Å². The Morgan fingerprint density at radius 1 is 0.819 bits per heavy atom. The van der Waals surface area contributed by atoms with Crippen molar-refractivity contribution >= 4 is 57.8 Å². The van der Waals surface area contributed by atoms with Crippen LogP contribution in [0.1, 0.15) is 170 Å². The number of hydrogen-bond donors (Lipinski definition) is 3. The summed E-state index contributed by atoms with van der Waals surface area (Å²) < 4.78 is 2.06. The van der Waals surface area contributed by atoms with Crippen LogP contribution < -0.4 is 16.4 Å². The second kappa shape index (κ2) is 24.8. The van der Waals surface area contributed by atoms with E-state index in [1.54, 1.807) is 29.7 Å². The highest BCUT2D eigenvalue weighted by Gasteiger charge is 2.39. The summed E-state index contributed by atoms with van der Waals surface area (Å²) in [5.41, 5.74) is 15.8. The monoisotopic (exact) mass is 1160 g/mol. The molecule has 3 amide bonds. The number of primary amides is 1. The maximum Gasteiger partial charge on any atom is 0.251 e. The van der Waals surface area contributed by atoms with Gasteiger partial charge in [0.05, 0.1) is 11.3 Å². The predicted molar refractivity (Wildman–Crippen MR) is 329 cm³/mol. The number of anilines is 1. The number of halogens is 1. The summed E-state index contributed by atoms with van der Waals surface area (Å²) in [6, 6.07) is 22.8. The van der Waals surface area contributed by atoms with E-state index in [-0.39, 0.29) is 29.7 Å². The van der Waals surface area contributed by atoms with E-state index < -0.39 is 11.9 Å². The fourth-order valence-corrected chi connectivity index (χ4v) is 14.8. The van der Waals surface area contributed by atoms with Crippen LogP contribution in [-0.4, -0.2) is 122 Å². The van der Waals surface area contributed by atoms with Gasteiger partial charge in [0.1, 0.15) is 16.9 Å². The highest BCUT2D eigenvalue weighted by molar-refractivity contribution is 7.15. The van der Waals surface area contributed by atoms with E-state index >= 15 is 0 Å². The van der Waals surface area contributed by atoms with E-state index in [2.05, 4.69) is 80.7 Å². The van der Waals surface area contributed by atoms with Crippen molar-refractivity contribution in [2.75, 3.05) is 51.1 Å². The Labute approximate surface area is 497 Å². The average Bonchev–Trinajstić information content (AvgIpc) is 3.36. The van der Waals surface area contributed by atoms with Crippen molar-refractivity contribution in [1.29, 1.82) is 0 Å². The largest absolute Gasteiger partial charge is 0.382 e. The van der Waals surface area contributed by atoms with E-state index in [0.717, 1.165) is 142 Å². The van der Waals surface area contributed by atoms with Crippen LogP contribution in [0.5, 0.6) is 0 Å². The maximum absolute atomic E-state index is 14.4. The molecule has 4 N–H and O–H groups in total. The van der Waals surface area contributed by atoms with Crippen molar-refractivity contribution in [2.45, 2.75) is 130 Å². The zero-order valence-electron chi connectivity index (χ0n) is 48.8. The first-order valence-corrected chi connectivity index (χ1v) is 31.1. The number of carbonyl (C=O) groups is 4. The Hall–Kier alpha value is -6.85. The van der Waals surface area contributed by atoms with Gasteiger partial charge in [0.2, 0.25) is 0 Å². The van der Waals surface area contributed by atoms with Gasteiger partial charge < -0.3 is 26.2 Å².